The van der Waals surface area contributed by atoms with Gasteiger partial charge in [-0.2, -0.15) is 0 Å². The van der Waals surface area contributed by atoms with E-state index in [0.717, 1.165) is 16.2 Å². The summed E-state index contributed by atoms with van der Waals surface area (Å²) in [7, 11) is 1.23. The molecule has 5 N–H and O–H groups in total. The van der Waals surface area contributed by atoms with Crippen LogP contribution in [0.2, 0.25) is 0 Å². The predicted molar refractivity (Wildman–Crippen MR) is 120 cm³/mol. The van der Waals surface area contributed by atoms with Gasteiger partial charge in [-0.25, -0.2) is 20.0 Å². The standard InChI is InChI=1S/C15H15BrN6O7S2.ClH/c1-28-21-8(7-9(16)31-14(17)18-7)10(23)19-20-15(27)29-4-5-11(24)22-6(13(25)26)2-3-30-12(5)22;/h2,5,12H,3-4H2,1H3,(H2,17,18)(H,19,23)(H,20,27)(H,25,26);1H/b21-8+;. The van der Waals surface area contributed by atoms with Gasteiger partial charge in [0.15, 0.2) is 10.8 Å². The molecule has 2 unspecified atom stereocenters. The second-order valence-corrected chi connectivity index (χ2v) is 9.41. The number of thioether (sulfide) groups is 1. The number of hydrogen-bond donors (Lipinski definition) is 4. The van der Waals surface area contributed by atoms with Crippen LogP contribution in [0.5, 0.6) is 0 Å². The Bertz CT molecular complexity index is 1000. The van der Waals surface area contributed by atoms with Gasteiger partial charge in [-0.05, 0) is 22.0 Å². The second-order valence-electron chi connectivity index (χ2n) is 5.91. The zero-order valence-electron chi connectivity index (χ0n) is 16.1. The molecule has 2 aliphatic heterocycles. The van der Waals surface area contributed by atoms with Crippen molar-refractivity contribution in [2.24, 2.45) is 11.1 Å². The topological polar surface area (TPSA) is 186 Å². The van der Waals surface area contributed by atoms with Crippen molar-refractivity contribution >= 4 is 86.2 Å². The number of thiazole rings is 1. The van der Waals surface area contributed by atoms with E-state index in [1.54, 1.807) is 0 Å². The number of carbonyl (C=O) groups is 4. The summed E-state index contributed by atoms with van der Waals surface area (Å²) in [6, 6.07) is 0. The van der Waals surface area contributed by atoms with Gasteiger partial charge in [-0.15, -0.1) is 24.2 Å². The highest BCUT2D eigenvalue weighted by Gasteiger charge is 2.52. The Morgan fingerprint density at radius 1 is 1.44 bits per heavy atom. The number of aromatic nitrogens is 1. The molecule has 0 spiro atoms. The fraction of sp³-hybridized carbons (Fsp3) is 0.333. The number of oxime groups is 1. The minimum Gasteiger partial charge on any atom is -0.477 e. The first kappa shape index (κ1) is 25.7. The Kier molecular flexibility index (Phi) is 8.71. The number of hydrogen-bond acceptors (Lipinski definition) is 11. The molecule has 1 aromatic heterocycles. The predicted octanol–water partition coefficient (Wildman–Crippen LogP) is 0.517. The van der Waals surface area contributed by atoms with Crippen LogP contribution in [-0.2, 0) is 24.0 Å². The number of halogens is 2. The van der Waals surface area contributed by atoms with Crippen LogP contribution in [0.15, 0.2) is 20.7 Å². The average molecular weight is 572 g/mol. The van der Waals surface area contributed by atoms with E-state index < -0.39 is 35.2 Å². The maximum Gasteiger partial charge on any atom is 0.426 e. The number of amides is 3. The number of nitrogens with one attached hydrogen (secondary N) is 2. The van der Waals surface area contributed by atoms with Crippen LogP contribution in [0.3, 0.4) is 0 Å². The van der Waals surface area contributed by atoms with Crippen LogP contribution in [0.1, 0.15) is 5.69 Å². The summed E-state index contributed by atoms with van der Waals surface area (Å²) in [5, 5.41) is 12.5. The fourth-order valence-electron chi connectivity index (χ4n) is 2.75. The number of aliphatic carboxylic acids is 1. The summed E-state index contributed by atoms with van der Waals surface area (Å²) < 4.78 is 5.41. The molecule has 2 atom stereocenters. The molecule has 17 heteroatoms. The van der Waals surface area contributed by atoms with E-state index in [1.807, 2.05) is 5.43 Å². The number of ether oxygens (including phenoxy) is 1. The quantitative estimate of drug-likeness (QED) is 0.213. The molecule has 1 aromatic rings. The first-order chi connectivity index (χ1) is 14.7. The number of nitrogen functional groups attached to an aromatic ring is 1. The van der Waals surface area contributed by atoms with Gasteiger partial charge in [0.2, 0.25) is 5.91 Å². The van der Waals surface area contributed by atoms with E-state index in [2.05, 4.69) is 36.3 Å². The third-order valence-electron chi connectivity index (χ3n) is 4.07. The molecule has 3 rings (SSSR count). The molecule has 0 bridgehead atoms. The first-order valence-electron chi connectivity index (χ1n) is 8.39. The second kappa shape index (κ2) is 10.8. The van der Waals surface area contributed by atoms with Crippen LogP contribution in [0.4, 0.5) is 9.93 Å². The lowest BCUT2D eigenvalue weighted by Gasteiger charge is -2.47. The minimum absolute atomic E-state index is 0. The summed E-state index contributed by atoms with van der Waals surface area (Å²) in [4.78, 5) is 57.4. The molecule has 174 valence electrons. The lowest BCUT2D eigenvalue weighted by molar-refractivity contribution is -0.154. The van der Waals surface area contributed by atoms with E-state index >= 15 is 0 Å². The fourth-order valence-corrected chi connectivity index (χ4v) is 5.33. The van der Waals surface area contributed by atoms with Gasteiger partial charge in [0.25, 0.3) is 5.91 Å². The number of carbonyl (C=O) groups excluding carboxylic acids is 3. The summed E-state index contributed by atoms with van der Waals surface area (Å²) in [6.45, 7) is -0.283. The highest BCUT2D eigenvalue weighted by Crippen LogP contribution is 2.41. The minimum atomic E-state index is -1.19. The zero-order valence-corrected chi connectivity index (χ0v) is 20.1. The van der Waals surface area contributed by atoms with E-state index in [4.69, 9.17) is 15.6 Å². The molecule has 2 aliphatic rings. The van der Waals surface area contributed by atoms with E-state index in [9.17, 15) is 19.2 Å². The van der Waals surface area contributed by atoms with Crippen molar-refractivity contribution in [3.63, 3.8) is 0 Å². The molecule has 32 heavy (non-hydrogen) atoms. The van der Waals surface area contributed by atoms with Gasteiger partial charge in [-0.1, -0.05) is 16.5 Å². The molecule has 0 aromatic carbocycles. The highest BCUT2D eigenvalue weighted by molar-refractivity contribution is 9.11. The highest BCUT2D eigenvalue weighted by atomic mass is 79.9. The van der Waals surface area contributed by atoms with Gasteiger partial charge >= 0.3 is 12.1 Å². The smallest absolute Gasteiger partial charge is 0.426 e. The maximum absolute atomic E-state index is 12.3. The molecule has 0 radical (unpaired) electrons. The monoisotopic (exact) mass is 570 g/mol. The van der Waals surface area contributed by atoms with Crippen LogP contribution in [-0.4, -0.2) is 69.4 Å². The summed E-state index contributed by atoms with van der Waals surface area (Å²) in [6.07, 6.45) is 0.428. The number of anilines is 1. The number of nitrogens with two attached hydrogens (primary N) is 1. The van der Waals surface area contributed by atoms with Crippen LogP contribution < -0.4 is 16.6 Å². The van der Waals surface area contributed by atoms with Crippen molar-refractivity contribution in [1.29, 1.82) is 0 Å². The van der Waals surface area contributed by atoms with Crippen molar-refractivity contribution in [2.45, 2.75) is 5.37 Å². The van der Waals surface area contributed by atoms with Crippen molar-refractivity contribution in [3.8, 4) is 0 Å². The number of nitrogens with zero attached hydrogens (tertiary/aromatic N) is 3. The summed E-state index contributed by atoms with van der Waals surface area (Å²) in [5.74, 6) is -2.76. The van der Waals surface area contributed by atoms with Gasteiger partial charge < -0.3 is 20.4 Å². The Hall–Kier alpha value is -2.56. The number of carboxylic acids is 1. The molecule has 1 saturated heterocycles. The third-order valence-corrected chi connectivity index (χ3v) is 6.85. The number of rotatable bonds is 6. The van der Waals surface area contributed by atoms with Crippen molar-refractivity contribution in [3.05, 3.63) is 21.3 Å². The van der Waals surface area contributed by atoms with Gasteiger partial charge in [0, 0.05) is 5.75 Å². The molecular formula is C15H16BrClN6O7S2. The average Bonchev–Trinajstić information content (AvgIpc) is 3.06. The van der Waals surface area contributed by atoms with Crippen LogP contribution in [0, 0.1) is 5.92 Å². The number of β-lactam (4-membered cyclic amide) rings is 1. The SMILES string of the molecule is CO/N=C(/C(=O)NNC(=O)OCC1C(=O)N2C(C(=O)O)=CCSC12)c1nc(N)sc1Br.Cl. The lowest BCUT2D eigenvalue weighted by atomic mass is 9.97. The Labute approximate surface area is 203 Å². The third kappa shape index (κ3) is 5.25. The van der Waals surface area contributed by atoms with Crippen molar-refractivity contribution in [2.75, 3.05) is 25.2 Å². The van der Waals surface area contributed by atoms with Crippen molar-refractivity contribution in [1.82, 2.24) is 20.7 Å². The van der Waals surface area contributed by atoms with Gasteiger partial charge in [-0.3, -0.25) is 19.9 Å². The summed E-state index contributed by atoms with van der Waals surface area (Å²) >= 11 is 5.64. The molecule has 0 aliphatic carbocycles. The Balaban J connectivity index is 0.00000363. The largest absolute Gasteiger partial charge is 0.477 e. The molecular weight excluding hydrogens is 556 g/mol. The van der Waals surface area contributed by atoms with E-state index in [1.165, 1.54) is 24.9 Å². The van der Waals surface area contributed by atoms with Gasteiger partial charge in [0.1, 0.15) is 34.8 Å². The molecule has 0 saturated carbocycles. The molecule has 1 fully saturated rings. The van der Waals surface area contributed by atoms with Crippen molar-refractivity contribution < 1.29 is 33.9 Å². The molecule has 13 nitrogen and oxygen atoms in total. The van der Waals surface area contributed by atoms with Crippen LogP contribution >= 0.6 is 51.4 Å². The summed E-state index contributed by atoms with van der Waals surface area (Å²) in [5.41, 5.74) is 9.50. The number of carboxylic acid groups (broad SMARTS) is 1. The first-order valence-corrected chi connectivity index (χ1v) is 11.0. The molecule has 3 heterocycles. The molecule has 3 amide bonds. The lowest BCUT2D eigenvalue weighted by Crippen LogP contribution is -2.62. The zero-order chi connectivity index (χ0) is 22.7. The van der Waals surface area contributed by atoms with Gasteiger partial charge in [0.05, 0.1) is 5.37 Å². The maximum atomic E-state index is 12.3. The van der Waals surface area contributed by atoms with E-state index in [-0.39, 0.29) is 41.2 Å². The normalized spacial score (nSPS) is 19.6. The van der Waals surface area contributed by atoms with Crippen LogP contribution in [0.25, 0.3) is 0 Å². The Morgan fingerprint density at radius 2 is 2.16 bits per heavy atom. The number of hydrazine groups is 1. The number of fused-ring (bicyclic) bond motifs is 1. The Morgan fingerprint density at radius 3 is 2.75 bits per heavy atom. The van der Waals surface area contributed by atoms with E-state index in [0.29, 0.717) is 9.54 Å².